The van der Waals surface area contributed by atoms with Gasteiger partial charge in [-0.15, -0.1) is 0 Å². The fourth-order valence-corrected chi connectivity index (χ4v) is 0.802. The van der Waals surface area contributed by atoms with Crippen LogP contribution in [0.25, 0.3) is 0 Å². The molecule has 1 amide bonds. The second kappa shape index (κ2) is 5.09. The van der Waals surface area contributed by atoms with Crippen LogP contribution in [-0.2, 0) is 4.79 Å². The van der Waals surface area contributed by atoms with Crippen molar-refractivity contribution in [2.75, 3.05) is 0 Å². The number of rotatable bonds is 5. The van der Waals surface area contributed by atoms with Gasteiger partial charge in [-0.1, -0.05) is 0 Å². The Kier molecular flexibility index (Phi) is 4.81. The molecule has 4 nitrogen and oxygen atoms in total. The number of nitrogens with two attached hydrogens (primary N) is 3. The summed E-state index contributed by atoms with van der Waals surface area (Å²) in [4.78, 5) is 10.4. The summed E-state index contributed by atoms with van der Waals surface area (Å²) < 4.78 is 0. The fraction of sp³-hybridized carbons (Fsp3) is 0.857. The third kappa shape index (κ3) is 5.82. The van der Waals surface area contributed by atoms with Crippen LogP contribution in [0.4, 0.5) is 0 Å². The molecule has 0 saturated heterocycles. The van der Waals surface area contributed by atoms with Gasteiger partial charge >= 0.3 is 0 Å². The number of hydrogen-bond acceptors (Lipinski definition) is 3. The van der Waals surface area contributed by atoms with E-state index in [9.17, 15) is 4.79 Å². The first-order chi connectivity index (χ1) is 5.04. The number of primary amides is 1. The van der Waals surface area contributed by atoms with Gasteiger partial charge in [0.1, 0.15) is 0 Å². The van der Waals surface area contributed by atoms with Crippen LogP contribution >= 0.6 is 0 Å². The summed E-state index contributed by atoms with van der Waals surface area (Å²) in [5.41, 5.74) is 15.8. The van der Waals surface area contributed by atoms with Crippen molar-refractivity contribution in [2.45, 2.75) is 38.3 Å². The Morgan fingerprint density at radius 3 is 2.27 bits per heavy atom. The zero-order chi connectivity index (χ0) is 8.85. The summed E-state index contributed by atoms with van der Waals surface area (Å²) >= 11 is 0. The van der Waals surface area contributed by atoms with Crippen LogP contribution in [0.15, 0.2) is 0 Å². The maximum Gasteiger partial charge on any atom is 0.234 e. The van der Waals surface area contributed by atoms with Crippen molar-refractivity contribution in [3.05, 3.63) is 0 Å². The maximum atomic E-state index is 10.4. The smallest absolute Gasteiger partial charge is 0.234 e. The average molecular weight is 159 g/mol. The zero-order valence-electron chi connectivity index (χ0n) is 6.92. The van der Waals surface area contributed by atoms with Gasteiger partial charge in [-0.2, -0.15) is 0 Å². The Hall–Kier alpha value is -0.610. The first-order valence-electron chi connectivity index (χ1n) is 3.84. The largest absolute Gasteiger partial charge is 0.368 e. The van der Waals surface area contributed by atoms with E-state index in [1.54, 1.807) is 0 Å². The van der Waals surface area contributed by atoms with Gasteiger partial charge in [-0.25, -0.2) is 0 Å². The number of carbonyl (C=O) groups excluding carboxylic acids is 1. The van der Waals surface area contributed by atoms with E-state index in [0.29, 0.717) is 6.42 Å². The molecule has 0 aliphatic carbocycles. The van der Waals surface area contributed by atoms with Gasteiger partial charge in [-0.3, -0.25) is 4.79 Å². The maximum absolute atomic E-state index is 10.4. The molecular weight excluding hydrogens is 142 g/mol. The highest BCUT2D eigenvalue weighted by Crippen LogP contribution is 2.00. The van der Waals surface area contributed by atoms with E-state index in [2.05, 4.69) is 0 Å². The average Bonchev–Trinajstić information content (AvgIpc) is 1.86. The third-order valence-electron chi connectivity index (χ3n) is 1.54. The van der Waals surface area contributed by atoms with E-state index in [1.807, 2.05) is 6.92 Å². The molecular formula is C7H17N3O. The molecule has 0 heterocycles. The van der Waals surface area contributed by atoms with E-state index in [-0.39, 0.29) is 6.04 Å². The Balaban J connectivity index is 3.31. The van der Waals surface area contributed by atoms with Gasteiger partial charge in [0.2, 0.25) is 5.91 Å². The molecule has 6 N–H and O–H groups in total. The van der Waals surface area contributed by atoms with Crippen LogP contribution in [0.1, 0.15) is 26.2 Å². The topological polar surface area (TPSA) is 95.1 Å². The van der Waals surface area contributed by atoms with E-state index >= 15 is 0 Å². The predicted octanol–water partition coefficient (Wildman–Crippen LogP) is -0.683. The van der Waals surface area contributed by atoms with Gasteiger partial charge in [0.05, 0.1) is 6.04 Å². The minimum absolute atomic E-state index is 0.176. The van der Waals surface area contributed by atoms with E-state index in [4.69, 9.17) is 17.2 Å². The monoisotopic (exact) mass is 159 g/mol. The Labute approximate surface area is 67.1 Å². The Bertz CT molecular complexity index is 125. The lowest BCUT2D eigenvalue weighted by atomic mass is 10.1. The van der Waals surface area contributed by atoms with Crippen LogP contribution in [0.2, 0.25) is 0 Å². The highest BCUT2D eigenvalue weighted by atomic mass is 16.1. The molecule has 1 unspecified atom stereocenters. The first-order valence-corrected chi connectivity index (χ1v) is 3.84. The Morgan fingerprint density at radius 2 is 1.91 bits per heavy atom. The summed E-state index contributed by atoms with van der Waals surface area (Å²) in [6.45, 7) is 1.93. The van der Waals surface area contributed by atoms with E-state index in [1.165, 1.54) is 0 Å². The predicted molar refractivity (Wildman–Crippen MR) is 44.7 cm³/mol. The zero-order valence-corrected chi connectivity index (χ0v) is 6.92. The lowest BCUT2D eigenvalue weighted by Crippen LogP contribution is -2.36. The highest BCUT2D eigenvalue weighted by molar-refractivity contribution is 5.79. The molecule has 0 aromatic heterocycles. The lowest BCUT2D eigenvalue weighted by molar-refractivity contribution is -0.119. The minimum atomic E-state index is -0.506. The lowest BCUT2D eigenvalue weighted by Gasteiger charge is -2.07. The van der Waals surface area contributed by atoms with E-state index in [0.717, 1.165) is 12.8 Å². The van der Waals surface area contributed by atoms with Gasteiger partial charge in [-0.05, 0) is 26.2 Å². The third-order valence-corrected chi connectivity index (χ3v) is 1.54. The molecule has 66 valence electrons. The molecule has 2 atom stereocenters. The second-order valence-electron chi connectivity index (χ2n) is 2.92. The molecule has 0 aliphatic heterocycles. The van der Waals surface area contributed by atoms with Gasteiger partial charge in [0.15, 0.2) is 0 Å². The number of amides is 1. The summed E-state index contributed by atoms with van der Waals surface area (Å²) in [7, 11) is 0. The molecule has 0 aromatic rings. The van der Waals surface area contributed by atoms with Crippen molar-refractivity contribution in [2.24, 2.45) is 17.2 Å². The van der Waals surface area contributed by atoms with E-state index < -0.39 is 11.9 Å². The van der Waals surface area contributed by atoms with Crippen LogP contribution in [0, 0.1) is 0 Å². The highest BCUT2D eigenvalue weighted by Gasteiger charge is 2.08. The molecule has 0 spiro atoms. The van der Waals surface area contributed by atoms with Gasteiger partial charge in [0.25, 0.3) is 0 Å². The summed E-state index contributed by atoms with van der Waals surface area (Å²) in [5.74, 6) is -0.435. The quantitative estimate of drug-likeness (QED) is 0.495. The van der Waals surface area contributed by atoms with Crippen LogP contribution in [0.3, 0.4) is 0 Å². The van der Waals surface area contributed by atoms with Crippen molar-refractivity contribution in [1.29, 1.82) is 0 Å². The van der Waals surface area contributed by atoms with Crippen molar-refractivity contribution < 1.29 is 4.79 Å². The van der Waals surface area contributed by atoms with Crippen molar-refractivity contribution >= 4 is 5.91 Å². The summed E-state index contributed by atoms with van der Waals surface area (Å²) in [6.07, 6.45) is 2.39. The first kappa shape index (κ1) is 10.4. The van der Waals surface area contributed by atoms with Gasteiger partial charge < -0.3 is 17.2 Å². The van der Waals surface area contributed by atoms with Crippen LogP contribution in [0.5, 0.6) is 0 Å². The standard InChI is InChI=1S/C7H17N3O/c1-5(8)3-2-4-6(9)7(10)11/h5-6H,2-4,8-9H2,1H3,(H2,10,11)/t5?,6-/m0/s1. The van der Waals surface area contributed by atoms with Crippen molar-refractivity contribution in [3.8, 4) is 0 Å². The molecule has 4 heteroatoms. The summed E-state index contributed by atoms with van der Waals surface area (Å²) in [6, 6.07) is -0.330. The second-order valence-corrected chi connectivity index (χ2v) is 2.92. The minimum Gasteiger partial charge on any atom is -0.368 e. The Morgan fingerprint density at radius 1 is 1.36 bits per heavy atom. The molecule has 11 heavy (non-hydrogen) atoms. The summed E-state index contributed by atoms with van der Waals surface area (Å²) in [5, 5.41) is 0. The number of carbonyl (C=O) groups is 1. The van der Waals surface area contributed by atoms with Crippen molar-refractivity contribution in [1.82, 2.24) is 0 Å². The normalized spacial score (nSPS) is 15.9. The molecule has 0 radical (unpaired) electrons. The SMILES string of the molecule is CC(N)CCC[C@H](N)C(N)=O. The van der Waals surface area contributed by atoms with Crippen LogP contribution in [-0.4, -0.2) is 18.0 Å². The molecule has 0 rings (SSSR count). The molecule has 0 saturated carbocycles. The van der Waals surface area contributed by atoms with Gasteiger partial charge in [0, 0.05) is 6.04 Å². The fourth-order valence-electron chi connectivity index (χ4n) is 0.802. The molecule has 0 aromatic carbocycles. The number of hydrogen-bond donors (Lipinski definition) is 3. The van der Waals surface area contributed by atoms with Crippen LogP contribution < -0.4 is 17.2 Å². The molecule has 0 bridgehead atoms. The molecule has 0 fully saturated rings. The van der Waals surface area contributed by atoms with Crippen molar-refractivity contribution in [3.63, 3.8) is 0 Å². The molecule has 0 aliphatic rings.